The fraction of sp³-hybridized carbons (Fsp3) is 0.296. The van der Waals surface area contributed by atoms with E-state index in [0.29, 0.717) is 16.7 Å². The molecular formula is C27H33IN2O6S2. The van der Waals surface area contributed by atoms with Gasteiger partial charge in [-0.15, -0.1) is 0 Å². The summed E-state index contributed by atoms with van der Waals surface area (Å²) in [4.78, 5) is 1.24. The largest absolute Gasteiger partial charge is 0.372 e. The van der Waals surface area contributed by atoms with E-state index in [1.807, 2.05) is 48.6 Å². The molecule has 0 spiro atoms. The van der Waals surface area contributed by atoms with Crippen molar-refractivity contribution in [2.75, 3.05) is 31.1 Å². The molecule has 0 saturated carbocycles. The van der Waals surface area contributed by atoms with Crippen molar-refractivity contribution >= 4 is 56.0 Å². The van der Waals surface area contributed by atoms with Gasteiger partial charge in [0.1, 0.15) is 4.90 Å². The number of anilines is 1. The number of rotatable bonds is 10. The normalized spacial score (nSPS) is 13.9. The maximum Gasteiger partial charge on any atom is 0.295 e. The summed E-state index contributed by atoms with van der Waals surface area (Å²) in [6.45, 7) is 11.9. The second kappa shape index (κ2) is 12.8. The van der Waals surface area contributed by atoms with Crippen LogP contribution in [0.3, 0.4) is 0 Å². The van der Waals surface area contributed by atoms with E-state index in [4.69, 9.17) is 0 Å². The molecule has 0 unspecified atom stereocenters. The summed E-state index contributed by atoms with van der Waals surface area (Å²) in [5.41, 5.74) is 2.65. The SMILES string of the molecule is CCN(CC)I=C1C=CC(=C(c2ccc(N(CC)CC)cc2)c2cc(S(=O)(=O)O)ccc2S(=O)(=O)O)C=C1. The Morgan fingerprint density at radius 1 is 0.763 bits per heavy atom. The fourth-order valence-electron chi connectivity index (χ4n) is 4.15. The van der Waals surface area contributed by atoms with Gasteiger partial charge in [-0.3, -0.25) is 12.2 Å². The highest BCUT2D eigenvalue weighted by molar-refractivity contribution is 14.2. The predicted octanol–water partition coefficient (Wildman–Crippen LogP) is 5.35. The minimum atomic E-state index is -4.72. The van der Waals surface area contributed by atoms with Crippen molar-refractivity contribution in [1.82, 2.24) is 3.11 Å². The predicted molar refractivity (Wildman–Crippen MR) is 162 cm³/mol. The summed E-state index contributed by atoms with van der Waals surface area (Å²) in [5.74, 6) is 0. The third-order valence-corrected chi connectivity index (χ3v) is 11.2. The van der Waals surface area contributed by atoms with Crippen LogP contribution in [0.25, 0.3) is 5.57 Å². The van der Waals surface area contributed by atoms with E-state index >= 15 is 0 Å². The summed E-state index contributed by atoms with van der Waals surface area (Å²) >= 11 is -0.375. The Bertz CT molecular complexity index is 1480. The third-order valence-electron chi connectivity index (χ3n) is 6.12. The maximum atomic E-state index is 12.4. The quantitative estimate of drug-likeness (QED) is 0.197. The zero-order chi connectivity index (χ0) is 28.1. The molecule has 0 fully saturated rings. The molecule has 0 heterocycles. The number of nitrogens with zero attached hydrogens (tertiary/aromatic N) is 2. The standard InChI is InChI=1S/C27H33IN2O6S2/c1-5-29(6-2)23-15-11-21(12-16-23)27(20-9-13-22(14-10-20)28-30(7-3)8-4)25-19-24(37(31,32)33)17-18-26(25)38(34,35)36/h9-19H,5-8H2,1-4H3,(H,31,32,33)(H,34,35,36). The van der Waals surface area contributed by atoms with Gasteiger partial charge in [0.05, 0.1) is 4.90 Å². The van der Waals surface area contributed by atoms with Crippen LogP contribution >= 0.6 is 21.0 Å². The summed E-state index contributed by atoms with van der Waals surface area (Å²) < 4.78 is 71.9. The first-order valence-electron chi connectivity index (χ1n) is 12.2. The van der Waals surface area contributed by atoms with Crippen LogP contribution in [-0.4, -0.2) is 58.7 Å². The zero-order valence-corrected chi connectivity index (χ0v) is 25.6. The summed E-state index contributed by atoms with van der Waals surface area (Å²) in [5, 5.41) is 0. The van der Waals surface area contributed by atoms with Crippen molar-refractivity contribution in [2.45, 2.75) is 37.5 Å². The van der Waals surface area contributed by atoms with Crippen LogP contribution < -0.4 is 4.90 Å². The Hall–Kier alpha value is -2.16. The lowest BCUT2D eigenvalue weighted by atomic mass is 9.91. The minimum absolute atomic E-state index is 0.0237. The number of halogens is 1. The third kappa shape index (κ3) is 7.27. The van der Waals surface area contributed by atoms with Crippen molar-refractivity contribution in [3.63, 3.8) is 0 Å². The molecular weight excluding hydrogens is 639 g/mol. The summed E-state index contributed by atoms with van der Waals surface area (Å²) in [7, 11) is -9.36. The van der Waals surface area contributed by atoms with Gasteiger partial charge >= 0.3 is 0 Å². The topological polar surface area (TPSA) is 115 Å². The number of hydrogen-bond donors (Lipinski definition) is 2. The van der Waals surface area contributed by atoms with Gasteiger partial charge in [-0.05, 0) is 94.0 Å². The zero-order valence-electron chi connectivity index (χ0n) is 21.8. The van der Waals surface area contributed by atoms with Crippen molar-refractivity contribution in [1.29, 1.82) is 0 Å². The number of benzene rings is 2. The maximum absolute atomic E-state index is 12.4. The Kier molecular flexibility index (Phi) is 10.2. The van der Waals surface area contributed by atoms with Crippen LogP contribution in [0.15, 0.2) is 82.1 Å². The van der Waals surface area contributed by atoms with Gasteiger partial charge in [-0.25, -0.2) is 0 Å². The van der Waals surface area contributed by atoms with Crippen LogP contribution in [0.4, 0.5) is 5.69 Å². The molecule has 8 nitrogen and oxygen atoms in total. The summed E-state index contributed by atoms with van der Waals surface area (Å²) in [6.07, 6.45) is 7.73. The first kappa shape index (κ1) is 30.4. The minimum Gasteiger partial charge on any atom is -0.372 e. The van der Waals surface area contributed by atoms with E-state index in [9.17, 15) is 25.9 Å². The fourth-order valence-corrected chi connectivity index (χ4v) is 7.49. The highest BCUT2D eigenvalue weighted by atomic mass is 127. The number of hydrogen-bond acceptors (Lipinski definition) is 6. The van der Waals surface area contributed by atoms with Crippen LogP contribution in [0.2, 0.25) is 0 Å². The Balaban J connectivity index is 2.31. The van der Waals surface area contributed by atoms with Gasteiger partial charge in [-0.1, -0.05) is 38.1 Å². The van der Waals surface area contributed by atoms with Gasteiger partial charge in [0.2, 0.25) is 0 Å². The summed E-state index contributed by atoms with van der Waals surface area (Å²) in [6, 6.07) is 10.6. The van der Waals surface area contributed by atoms with Gasteiger partial charge < -0.3 is 4.90 Å². The average molecular weight is 673 g/mol. The molecule has 3 rings (SSSR count). The molecule has 0 aromatic heterocycles. The van der Waals surface area contributed by atoms with Gasteiger partial charge in [0.15, 0.2) is 0 Å². The van der Waals surface area contributed by atoms with E-state index in [2.05, 4.69) is 35.7 Å². The average Bonchev–Trinajstić information content (AvgIpc) is 2.88. The van der Waals surface area contributed by atoms with Gasteiger partial charge in [0, 0.05) is 40.9 Å². The lowest BCUT2D eigenvalue weighted by Gasteiger charge is -2.22. The molecule has 1 aliphatic carbocycles. The molecule has 1 aliphatic rings. The molecule has 2 aromatic carbocycles. The first-order chi connectivity index (χ1) is 17.9. The van der Waals surface area contributed by atoms with Crippen LogP contribution in [0.1, 0.15) is 38.8 Å². The monoisotopic (exact) mass is 672 g/mol. The molecule has 11 heteroatoms. The molecule has 0 radical (unpaired) electrons. The molecule has 206 valence electrons. The van der Waals surface area contributed by atoms with E-state index in [0.717, 1.165) is 50.1 Å². The van der Waals surface area contributed by atoms with E-state index < -0.39 is 30.0 Å². The van der Waals surface area contributed by atoms with Gasteiger partial charge in [0.25, 0.3) is 20.2 Å². The van der Waals surface area contributed by atoms with Crippen molar-refractivity contribution < 1.29 is 25.9 Å². The Morgan fingerprint density at radius 2 is 1.34 bits per heavy atom. The van der Waals surface area contributed by atoms with E-state index in [1.165, 1.54) is 3.51 Å². The number of allylic oxidation sites excluding steroid dienone is 5. The first-order valence-corrected chi connectivity index (χ1v) is 17.2. The molecule has 2 N–H and O–H groups in total. The van der Waals surface area contributed by atoms with Crippen LogP contribution in [0.5, 0.6) is 0 Å². The van der Waals surface area contributed by atoms with Crippen molar-refractivity contribution in [2.24, 2.45) is 0 Å². The Labute approximate surface area is 236 Å². The molecule has 0 amide bonds. The van der Waals surface area contributed by atoms with E-state index in [1.54, 1.807) is 0 Å². The molecule has 2 aromatic rings. The molecule has 0 aliphatic heterocycles. The van der Waals surface area contributed by atoms with Gasteiger partial charge in [-0.2, -0.15) is 16.8 Å². The Morgan fingerprint density at radius 3 is 1.82 bits per heavy atom. The highest BCUT2D eigenvalue weighted by Crippen LogP contribution is 2.36. The lowest BCUT2D eigenvalue weighted by Crippen LogP contribution is -2.21. The van der Waals surface area contributed by atoms with Crippen LogP contribution in [0, 0.1) is 0 Å². The lowest BCUT2D eigenvalue weighted by molar-refractivity contribution is 0.478. The second-order valence-electron chi connectivity index (χ2n) is 8.39. The van der Waals surface area contributed by atoms with Crippen LogP contribution in [-0.2, 0) is 20.2 Å². The molecule has 0 atom stereocenters. The van der Waals surface area contributed by atoms with Crippen molar-refractivity contribution in [3.8, 4) is 0 Å². The van der Waals surface area contributed by atoms with Crippen molar-refractivity contribution in [3.05, 3.63) is 83.5 Å². The van der Waals surface area contributed by atoms with E-state index in [-0.39, 0.29) is 26.6 Å². The molecule has 0 bridgehead atoms. The smallest absolute Gasteiger partial charge is 0.295 e. The molecule has 0 saturated heterocycles. The highest BCUT2D eigenvalue weighted by Gasteiger charge is 2.24. The second-order valence-corrected chi connectivity index (χ2v) is 14.3. The molecule has 38 heavy (non-hydrogen) atoms.